The van der Waals surface area contributed by atoms with Crippen molar-refractivity contribution in [1.29, 1.82) is 0 Å². The SMILES string of the molecule is COc1cc(/C=C/C(=O)OCc2csc(-c3ccccc3)n2)ccc1OCC(N)=O. The Morgan fingerprint density at radius 2 is 1.93 bits per heavy atom. The summed E-state index contributed by atoms with van der Waals surface area (Å²) in [5, 5.41) is 2.75. The molecule has 0 atom stereocenters. The summed E-state index contributed by atoms with van der Waals surface area (Å²) in [7, 11) is 1.48. The van der Waals surface area contributed by atoms with Gasteiger partial charge in [0, 0.05) is 17.0 Å². The summed E-state index contributed by atoms with van der Waals surface area (Å²) >= 11 is 1.50. The average molecular weight is 424 g/mol. The van der Waals surface area contributed by atoms with Gasteiger partial charge in [-0.15, -0.1) is 11.3 Å². The number of amides is 1. The van der Waals surface area contributed by atoms with Crippen LogP contribution < -0.4 is 15.2 Å². The predicted molar refractivity (Wildman–Crippen MR) is 114 cm³/mol. The topological polar surface area (TPSA) is 101 Å². The first-order chi connectivity index (χ1) is 14.5. The lowest BCUT2D eigenvalue weighted by Gasteiger charge is -2.09. The van der Waals surface area contributed by atoms with Crippen LogP contribution in [0.5, 0.6) is 11.5 Å². The number of ether oxygens (including phenoxy) is 3. The standard InChI is InChI=1S/C22H20N2O5S/c1-27-19-11-15(7-9-18(19)28-13-20(23)25)8-10-21(26)29-12-17-14-30-22(24-17)16-5-3-2-4-6-16/h2-11,14H,12-13H2,1H3,(H2,23,25)/b10-8+. The van der Waals surface area contributed by atoms with Crippen molar-refractivity contribution in [1.82, 2.24) is 4.98 Å². The molecule has 8 heteroatoms. The molecule has 0 spiro atoms. The number of thiazole rings is 1. The maximum atomic E-state index is 12.0. The number of nitrogens with zero attached hydrogens (tertiary/aromatic N) is 1. The molecule has 0 unspecified atom stereocenters. The molecule has 2 N–H and O–H groups in total. The summed E-state index contributed by atoms with van der Waals surface area (Å²) in [6.45, 7) is -0.157. The van der Waals surface area contributed by atoms with E-state index in [0.717, 1.165) is 10.6 Å². The van der Waals surface area contributed by atoms with Gasteiger partial charge in [0.1, 0.15) is 11.6 Å². The quantitative estimate of drug-likeness (QED) is 0.417. The highest BCUT2D eigenvalue weighted by molar-refractivity contribution is 7.13. The molecule has 7 nitrogen and oxygen atoms in total. The molecule has 2 aromatic carbocycles. The minimum atomic E-state index is -0.584. The van der Waals surface area contributed by atoms with Crippen LogP contribution in [0, 0.1) is 0 Å². The van der Waals surface area contributed by atoms with E-state index < -0.39 is 11.9 Å². The highest BCUT2D eigenvalue weighted by atomic mass is 32.1. The number of methoxy groups -OCH3 is 1. The molecule has 0 bridgehead atoms. The molecule has 0 radical (unpaired) electrons. The van der Waals surface area contributed by atoms with Crippen LogP contribution in [0.2, 0.25) is 0 Å². The number of rotatable bonds is 9. The zero-order valence-corrected chi connectivity index (χ0v) is 17.1. The van der Waals surface area contributed by atoms with Gasteiger partial charge >= 0.3 is 5.97 Å². The fraction of sp³-hybridized carbons (Fsp3) is 0.136. The van der Waals surface area contributed by atoms with Crippen molar-refractivity contribution in [2.45, 2.75) is 6.61 Å². The van der Waals surface area contributed by atoms with Crippen LogP contribution >= 0.6 is 11.3 Å². The molecule has 0 fully saturated rings. The van der Waals surface area contributed by atoms with Crippen LogP contribution in [-0.4, -0.2) is 30.6 Å². The monoisotopic (exact) mass is 424 g/mol. The molecule has 3 rings (SSSR count). The van der Waals surface area contributed by atoms with Gasteiger partial charge in [0.2, 0.25) is 0 Å². The molecule has 3 aromatic rings. The Bertz CT molecular complexity index is 1050. The van der Waals surface area contributed by atoms with E-state index in [1.807, 2.05) is 35.7 Å². The highest BCUT2D eigenvalue weighted by Crippen LogP contribution is 2.28. The van der Waals surface area contributed by atoms with Gasteiger partial charge in [-0.05, 0) is 23.8 Å². The van der Waals surface area contributed by atoms with Crippen LogP contribution in [0.3, 0.4) is 0 Å². The molecular formula is C22H20N2O5S. The number of hydrogen-bond acceptors (Lipinski definition) is 7. The normalized spacial score (nSPS) is 10.7. The van der Waals surface area contributed by atoms with Crippen LogP contribution in [0.4, 0.5) is 0 Å². The van der Waals surface area contributed by atoms with Crippen LogP contribution in [-0.2, 0) is 20.9 Å². The van der Waals surface area contributed by atoms with Gasteiger partial charge in [0.25, 0.3) is 5.91 Å². The van der Waals surface area contributed by atoms with Gasteiger partial charge in [-0.1, -0.05) is 36.4 Å². The van der Waals surface area contributed by atoms with Crippen molar-refractivity contribution in [3.05, 3.63) is 71.2 Å². The largest absolute Gasteiger partial charge is 0.493 e. The molecule has 0 aliphatic heterocycles. The van der Waals surface area contributed by atoms with E-state index in [-0.39, 0.29) is 13.2 Å². The third kappa shape index (κ3) is 5.92. The fourth-order valence-corrected chi connectivity index (χ4v) is 3.31. The summed E-state index contributed by atoms with van der Waals surface area (Å²) in [5.74, 6) is -0.270. The van der Waals surface area contributed by atoms with Gasteiger partial charge in [-0.25, -0.2) is 9.78 Å². The first kappa shape index (κ1) is 21.1. The van der Waals surface area contributed by atoms with E-state index >= 15 is 0 Å². The first-order valence-corrected chi connectivity index (χ1v) is 9.87. The van der Waals surface area contributed by atoms with Crippen LogP contribution in [0.25, 0.3) is 16.6 Å². The zero-order valence-electron chi connectivity index (χ0n) is 16.2. The number of esters is 1. The lowest BCUT2D eigenvalue weighted by atomic mass is 10.2. The molecule has 1 aromatic heterocycles. The van der Waals surface area contributed by atoms with Crippen molar-refractivity contribution in [2.24, 2.45) is 5.73 Å². The summed E-state index contributed by atoms with van der Waals surface area (Å²) < 4.78 is 15.8. The van der Waals surface area contributed by atoms with E-state index in [4.69, 9.17) is 19.9 Å². The Morgan fingerprint density at radius 1 is 1.13 bits per heavy atom. The number of aromatic nitrogens is 1. The molecule has 0 aliphatic carbocycles. The average Bonchev–Trinajstić information content (AvgIpc) is 3.24. The van der Waals surface area contributed by atoms with E-state index in [9.17, 15) is 9.59 Å². The van der Waals surface area contributed by atoms with E-state index in [1.165, 1.54) is 24.5 Å². The summed E-state index contributed by atoms with van der Waals surface area (Å²) in [6, 6.07) is 14.8. The highest BCUT2D eigenvalue weighted by Gasteiger charge is 2.08. The summed E-state index contributed by atoms with van der Waals surface area (Å²) in [5.41, 5.74) is 7.49. The minimum absolute atomic E-state index is 0.0930. The third-order valence-electron chi connectivity index (χ3n) is 3.90. The smallest absolute Gasteiger partial charge is 0.331 e. The third-order valence-corrected chi connectivity index (χ3v) is 4.84. The maximum Gasteiger partial charge on any atom is 0.331 e. The Labute approximate surface area is 177 Å². The van der Waals surface area contributed by atoms with Gasteiger partial charge in [-0.2, -0.15) is 0 Å². The Hall–Kier alpha value is -3.65. The Morgan fingerprint density at radius 3 is 2.67 bits per heavy atom. The Kier molecular flexibility index (Phi) is 7.18. The molecule has 0 saturated carbocycles. The molecule has 1 amide bonds. The second kappa shape index (κ2) is 10.2. The lowest BCUT2D eigenvalue weighted by molar-refractivity contribution is -0.139. The number of carbonyl (C=O) groups excluding carboxylic acids is 2. The minimum Gasteiger partial charge on any atom is -0.493 e. The summed E-state index contributed by atoms with van der Waals surface area (Å²) in [4.78, 5) is 27.4. The van der Waals surface area contributed by atoms with E-state index in [1.54, 1.807) is 24.3 Å². The first-order valence-electron chi connectivity index (χ1n) is 8.99. The van der Waals surface area contributed by atoms with Crippen LogP contribution in [0.15, 0.2) is 60.0 Å². The fourth-order valence-electron chi connectivity index (χ4n) is 2.50. The number of primary amides is 1. The number of carbonyl (C=O) groups is 2. The summed E-state index contributed by atoms with van der Waals surface area (Å²) in [6.07, 6.45) is 2.92. The second-order valence-corrected chi connectivity index (χ2v) is 6.97. The number of hydrogen-bond donors (Lipinski definition) is 1. The molecule has 0 aliphatic rings. The van der Waals surface area contributed by atoms with Gasteiger partial charge in [-0.3, -0.25) is 4.79 Å². The number of benzene rings is 2. The van der Waals surface area contributed by atoms with Gasteiger partial charge < -0.3 is 19.9 Å². The van der Waals surface area contributed by atoms with Gasteiger partial charge in [0.15, 0.2) is 18.1 Å². The molecule has 30 heavy (non-hydrogen) atoms. The van der Waals surface area contributed by atoms with Crippen molar-refractivity contribution >= 4 is 29.3 Å². The zero-order chi connectivity index (χ0) is 21.3. The lowest BCUT2D eigenvalue weighted by Crippen LogP contribution is -2.20. The predicted octanol–water partition coefficient (Wildman–Crippen LogP) is 3.44. The van der Waals surface area contributed by atoms with E-state index in [2.05, 4.69) is 4.98 Å². The van der Waals surface area contributed by atoms with Crippen molar-refractivity contribution in [3.63, 3.8) is 0 Å². The second-order valence-electron chi connectivity index (χ2n) is 6.12. The van der Waals surface area contributed by atoms with E-state index in [0.29, 0.717) is 22.8 Å². The molecular weight excluding hydrogens is 404 g/mol. The van der Waals surface area contributed by atoms with Crippen molar-refractivity contribution in [3.8, 4) is 22.1 Å². The Balaban J connectivity index is 1.56. The van der Waals surface area contributed by atoms with Crippen LogP contribution in [0.1, 0.15) is 11.3 Å². The molecule has 0 saturated heterocycles. The van der Waals surface area contributed by atoms with Gasteiger partial charge in [0.05, 0.1) is 12.8 Å². The number of nitrogens with two attached hydrogens (primary N) is 1. The maximum absolute atomic E-state index is 12.0. The molecule has 154 valence electrons. The van der Waals surface area contributed by atoms with Crippen molar-refractivity contribution < 1.29 is 23.8 Å². The van der Waals surface area contributed by atoms with Crippen molar-refractivity contribution in [2.75, 3.05) is 13.7 Å². The molecule has 1 heterocycles.